The van der Waals surface area contributed by atoms with Crippen LogP contribution < -0.4 is 10.6 Å². The van der Waals surface area contributed by atoms with Gasteiger partial charge in [0.2, 0.25) is 11.9 Å². The third-order valence-electron chi connectivity index (χ3n) is 5.11. The summed E-state index contributed by atoms with van der Waals surface area (Å²) in [5.74, 6) is 0.768. The highest BCUT2D eigenvalue weighted by Gasteiger charge is 2.17. The fourth-order valence-electron chi connectivity index (χ4n) is 3.36. The largest absolute Gasteiger partial charge is 0.378 e. The van der Waals surface area contributed by atoms with Gasteiger partial charge in [0.05, 0.1) is 42.3 Å². The van der Waals surface area contributed by atoms with E-state index in [1.165, 1.54) is 6.20 Å². The van der Waals surface area contributed by atoms with Crippen LogP contribution in [0.5, 0.6) is 0 Å². The van der Waals surface area contributed by atoms with Gasteiger partial charge in [0, 0.05) is 38.2 Å². The second kappa shape index (κ2) is 10.3. The molecule has 3 aromatic rings. The Morgan fingerprint density at radius 3 is 2.88 bits per heavy atom. The number of nitriles is 1. The van der Waals surface area contributed by atoms with Gasteiger partial charge in [-0.2, -0.15) is 15.3 Å². The van der Waals surface area contributed by atoms with Crippen LogP contribution in [0.1, 0.15) is 16.7 Å². The number of anilines is 3. The van der Waals surface area contributed by atoms with E-state index < -0.39 is 0 Å². The summed E-state index contributed by atoms with van der Waals surface area (Å²) < 4.78 is 6.84. The summed E-state index contributed by atoms with van der Waals surface area (Å²) in [7, 11) is 0. The molecule has 3 heterocycles. The molecular formula is C22H23N9O2. The van der Waals surface area contributed by atoms with E-state index in [9.17, 15) is 10.1 Å². The molecule has 1 fully saturated rings. The fraction of sp³-hybridized carbons (Fsp3) is 0.273. The molecule has 0 bridgehead atoms. The van der Waals surface area contributed by atoms with Crippen LogP contribution >= 0.6 is 0 Å². The van der Waals surface area contributed by atoms with E-state index in [1.807, 2.05) is 18.2 Å². The molecule has 168 valence electrons. The molecule has 0 aliphatic carbocycles. The first-order valence-corrected chi connectivity index (χ1v) is 10.4. The molecule has 1 aliphatic heterocycles. The van der Waals surface area contributed by atoms with Gasteiger partial charge in [0.1, 0.15) is 12.4 Å². The molecule has 33 heavy (non-hydrogen) atoms. The minimum atomic E-state index is -0.0105. The topological polar surface area (TPSA) is 145 Å². The molecule has 0 spiro atoms. The van der Waals surface area contributed by atoms with Crippen molar-refractivity contribution in [3.63, 3.8) is 0 Å². The highest BCUT2D eigenvalue weighted by Crippen LogP contribution is 2.18. The summed E-state index contributed by atoms with van der Waals surface area (Å²) in [6.45, 7) is 2.81. The van der Waals surface area contributed by atoms with Crippen LogP contribution in [-0.2, 0) is 22.6 Å². The van der Waals surface area contributed by atoms with Crippen LogP contribution in [0.3, 0.4) is 0 Å². The maximum atomic E-state index is 12.4. The first-order chi connectivity index (χ1) is 16.2. The van der Waals surface area contributed by atoms with E-state index in [4.69, 9.17) is 10.1 Å². The number of carbonyl (C=O) groups excluding carboxylic acids is 1. The zero-order chi connectivity index (χ0) is 23.0. The summed E-state index contributed by atoms with van der Waals surface area (Å²) in [5.41, 5.74) is 2.55. The number of benzene rings is 1. The molecule has 1 amide bonds. The quantitative estimate of drug-likeness (QED) is 0.445. The lowest BCUT2D eigenvalue weighted by Crippen LogP contribution is -2.42. The Balaban J connectivity index is 1.42. The van der Waals surface area contributed by atoms with Crippen molar-refractivity contribution >= 4 is 29.6 Å². The number of morpholine rings is 1. The Morgan fingerprint density at radius 1 is 1.27 bits per heavy atom. The molecule has 1 saturated heterocycles. The average molecular weight is 445 g/mol. The van der Waals surface area contributed by atoms with Gasteiger partial charge in [0.15, 0.2) is 0 Å². The normalized spacial score (nSPS) is 13.2. The number of nitrogens with one attached hydrogen (secondary N) is 3. The Hall–Kier alpha value is -4.30. The second-order valence-corrected chi connectivity index (χ2v) is 7.31. The van der Waals surface area contributed by atoms with Gasteiger partial charge >= 0.3 is 0 Å². The van der Waals surface area contributed by atoms with Gasteiger partial charge < -0.3 is 25.7 Å². The number of ether oxygens (including phenoxy) is 1. The minimum Gasteiger partial charge on any atom is -0.378 e. The molecule has 0 unspecified atom stereocenters. The summed E-state index contributed by atoms with van der Waals surface area (Å²) >= 11 is 0. The number of nitrogens with zero attached hydrogens (tertiary/aromatic N) is 6. The first-order valence-electron chi connectivity index (χ1n) is 10.4. The van der Waals surface area contributed by atoms with Crippen molar-refractivity contribution in [2.24, 2.45) is 0 Å². The molecule has 1 aliphatic rings. The maximum Gasteiger partial charge on any atom is 0.244 e. The first kappa shape index (κ1) is 21.9. The predicted octanol–water partition coefficient (Wildman–Crippen LogP) is 1.76. The SMILES string of the molecule is N#Cc1ccccc1CNc1nc(Nc2cnn(CC(=O)N3CCOCC3)c2)ncc1C=N. The molecule has 0 saturated carbocycles. The number of carbonyl (C=O) groups is 1. The number of rotatable bonds is 8. The average Bonchev–Trinajstić information content (AvgIpc) is 3.30. The van der Waals surface area contributed by atoms with Crippen molar-refractivity contribution in [3.8, 4) is 6.07 Å². The fourth-order valence-corrected chi connectivity index (χ4v) is 3.36. The van der Waals surface area contributed by atoms with E-state index in [-0.39, 0.29) is 12.5 Å². The summed E-state index contributed by atoms with van der Waals surface area (Å²) in [6, 6.07) is 9.46. The van der Waals surface area contributed by atoms with Crippen LogP contribution in [0.2, 0.25) is 0 Å². The lowest BCUT2D eigenvalue weighted by Gasteiger charge is -2.26. The molecule has 0 atom stereocenters. The Morgan fingerprint density at radius 2 is 2.09 bits per heavy atom. The van der Waals surface area contributed by atoms with Crippen molar-refractivity contribution in [2.75, 3.05) is 36.9 Å². The van der Waals surface area contributed by atoms with Crippen LogP contribution in [0.25, 0.3) is 0 Å². The molecule has 0 radical (unpaired) electrons. The van der Waals surface area contributed by atoms with Gasteiger partial charge in [0.25, 0.3) is 0 Å². The third-order valence-corrected chi connectivity index (χ3v) is 5.11. The van der Waals surface area contributed by atoms with Crippen LogP contribution in [0, 0.1) is 16.7 Å². The monoisotopic (exact) mass is 445 g/mol. The van der Waals surface area contributed by atoms with E-state index >= 15 is 0 Å². The van der Waals surface area contributed by atoms with Crippen LogP contribution in [0.4, 0.5) is 17.5 Å². The standard InChI is InChI=1S/C22H23N9O2/c23-9-16-3-1-2-4-17(16)11-25-21-18(10-24)12-26-22(29-21)28-19-13-27-31(14-19)15-20(32)30-5-7-33-8-6-30/h1-4,10,12-14,24H,5-8,11,15H2,(H2,25,26,28,29). The van der Waals surface area contributed by atoms with E-state index in [1.54, 1.807) is 28.0 Å². The van der Waals surface area contributed by atoms with Crippen molar-refractivity contribution < 1.29 is 9.53 Å². The number of hydrogen-bond acceptors (Lipinski definition) is 9. The predicted molar refractivity (Wildman–Crippen MR) is 121 cm³/mol. The van der Waals surface area contributed by atoms with Crippen molar-refractivity contribution in [3.05, 3.63) is 59.5 Å². The smallest absolute Gasteiger partial charge is 0.244 e. The number of aromatic nitrogens is 4. The van der Waals surface area contributed by atoms with Crippen molar-refractivity contribution in [2.45, 2.75) is 13.1 Å². The van der Waals surface area contributed by atoms with Gasteiger partial charge in [-0.3, -0.25) is 9.48 Å². The molecule has 2 aromatic heterocycles. The number of amides is 1. The zero-order valence-electron chi connectivity index (χ0n) is 17.9. The van der Waals surface area contributed by atoms with Gasteiger partial charge in [-0.05, 0) is 11.6 Å². The van der Waals surface area contributed by atoms with Gasteiger partial charge in [-0.1, -0.05) is 18.2 Å². The second-order valence-electron chi connectivity index (χ2n) is 7.31. The molecule has 3 N–H and O–H groups in total. The van der Waals surface area contributed by atoms with E-state index in [0.717, 1.165) is 11.8 Å². The Bertz CT molecular complexity index is 1180. The highest BCUT2D eigenvalue weighted by atomic mass is 16.5. The summed E-state index contributed by atoms with van der Waals surface area (Å²) in [5, 5.41) is 27.4. The Kier molecular flexibility index (Phi) is 6.87. The van der Waals surface area contributed by atoms with Crippen LogP contribution in [0.15, 0.2) is 42.9 Å². The molecular weight excluding hydrogens is 422 g/mol. The maximum absolute atomic E-state index is 12.4. The third kappa shape index (κ3) is 5.50. The number of hydrogen-bond donors (Lipinski definition) is 3. The lowest BCUT2D eigenvalue weighted by atomic mass is 10.1. The molecule has 1 aromatic carbocycles. The minimum absolute atomic E-state index is 0.0105. The zero-order valence-corrected chi connectivity index (χ0v) is 17.9. The van der Waals surface area contributed by atoms with Crippen molar-refractivity contribution in [1.82, 2.24) is 24.6 Å². The van der Waals surface area contributed by atoms with Gasteiger partial charge in [-0.25, -0.2) is 4.98 Å². The molecule has 11 nitrogen and oxygen atoms in total. The van der Waals surface area contributed by atoms with E-state index in [2.05, 4.69) is 31.8 Å². The lowest BCUT2D eigenvalue weighted by molar-refractivity contribution is -0.136. The van der Waals surface area contributed by atoms with E-state index in [0.29, 0.717) is 61.4 Å². The highest BCUT2D eigenvalue weighted by molar-refractivity contribution is 5.84. The molecule has 4 rings (SSSR count). The molecule has 11 heteroatoms. The van der Waals surface area contributed by atoms with Crippen LogP contribution in [-0.4, -0.2) is 63.1 Å². The Labute approximate surface area is 190 Å². The summed E-state index contributed by atoms with van der Waals surface area (Å²) in [6.07, 6.45) is 6.00. The van der Waals surface area contributed by atoms with Gasteiger partial charge in [-0.15, -0.1) is 0 Å². The summed E-state index contributed by atoms with van der Waals surface area (Å²) in [4.78, 5) is 22.9. The van der Waals surface area contributed by atoms with Crippen molar-refractivity contribution in [1.29, 1.82) is 10.7 Å².